The Bertz CT molecular complexity index is 422. The first-order valence-corrected chi connectivity index (χ1v) is 5.51. The molecule has 0 radical (unpaired) electrons. The molecule has 2 heterocycles. The number of carbonyl (C=O) groups excluding carboxylic acids is 1. The number of nitrogens with zero attached hydrogens (tertiary/aromatic N) is 2. The van der Waals surface area contributed by atoms with Gasteiger partial charge in [-0.05, 0) is 18.6 Å². The van der Waals surface area contributed by atoms with E-state index < -0.39 is 0 Å². The predicted molar refractivity (Wildman–Crippen MR) is 60.5 cm³/mol. The molecule has 0 N–H and O–H groups in total. The molecule has 1 aliphatic heterocycles. The Morgan fingerprint density at radius 3 is 3.06 bits per heavy atom. The second-order valence-electron chi connectivity index (χ2n) is 3.76. The Hall–Kier alpha value is -1.29. The zero-order valence-electron chi connectivity index (χ0n) is 9.24. The molecule has 0 spiro atoms. The van der Waals surface area contributed by atoms with Crippen LogP contribution < -0.4 is 0 Å². The van der Waals surface area contributed by atoms with Crippen LogP contribution in [-0.2, 0) is 11.2 Å². The van der Waals surface area contributed by atoms with Crippen molar-refractivity contribution in [2.45, 2.75) is 19.4 Å². The fourth-order valence-electron chi connectivity index (χ4n) is 2.02. The summed E-state index contributed by atoms with van der Waals surface area (Å²) in [6.07, 6.45) is 0.420. The summed E-state index contributed by atoms with van der Waals surface area (Å²) in [6, 6.07) is 3.66. The molecular weight excluding hydrogens is 228 g/mol. The van der Waals surface area contributed by atoms with E-state index in [0.29, 0.717) is 11.7 Å². The fraction of sp³-hybridized carbons (Fsp3) is 0.455. The minimum atomic E-state index is -0.298. The van der Waals surface area contributed by atoms with Crippen molar-refractivity contribution in [2.75, 3.05) is 13.7 Å². The minimum Gasteiger partial charge on any atom is -0.453 e. The lowest BCUT2D eigenvalue weighted by atomic mass is 9.99. The summed E-state index contributed by atoms with van der Waals surface area (Å²) in [7, 11) is 1.39. The van der Waals surface area contributed by atoms with Crippen LogP contribution in [0.1, 0.15) is 24.2 Å². The van der Waals surface area contributed by atoms with Gasteiger partial charge in [0.05, 0.1) is 13.2 Å². The summed E-state index contributed by atoms with van der Waals surface area (Å²) in [5.41, 5.74) is 2.02. The Labute approximate surface area is 99.2 Å². The van der Waals surface area contributed by atoms with Crippen molar-refractivity contribution in [1.82, 2.24) is 9.88 Å². The normalized spacial score (nSPS) is 19.2. The van der Waals surface area contributed by atoms with E-state index in [2.05, 4.69) is 4.98 Å². The molecule has 1 atom stereocenters. The molecule has 1 aromatic heterocycles. The number of ether oxygens (including phenoxy) is 1. The van der Waals surface area contributed by atoms with Crippen LogP contribution in [0.3, 0.4) is 0 Å². The second kappa shape index (κ2) is 4.29. The standard InChI is InChI=1S/C11H13ClN2O2/c1-7-8-3-4-10(12)13-9(8)5-6-14(7)11(15)16-2/h3-4,7H,5-6H2,1-2H3. The summed E-state index contributed by atoms with van der Waals surface area (Å²) >= 11 is 5.83. The molecule has 0 fully saturated rings. The molecule has 16 heavy (non-hydrogen) atoms. The van der Waals surface area contributed by atoms with Crippen LogP contribution in [0.5, 0.6) is 0 Å². The average molecular weight is 241 g/mol. The minimum absolute atomic E-state index is 0.0130. The monoisotopic (exact) mass is 240 g/mol. The van der Waals surface area contributed by atoms with Gasteiger partial charge in [0.2, 0.25) is 0 Å². The van der Waals surface area contributed by atoms with Crippen molar-refractivity contribution in [3.63, 3.8) is 0 Å². The molecule has 86 valence electrons. The van der Waals surface area contributed by atoms with E-state index in [0.717, 1.165) is 17.7 Å². The van der Waals surface area contributed by atoms with E-state index in [-0.39, 0.29) is 12.1 Å². The lowest BCUT2D eigenvalue weighted by Gasteiger charge is -2.33. The molecule has 5 heteroatoms. The Balaban J connectivity index is 2.32. The molecule has 1 amide bonds. The van der Waals surface area contributed by atoms with E-state index in [1.165, 1.54) is 7.11 Å². The predicted octanol–water partition coefficient (Wildman–Crippen LogP) is 2.42. The zero-order chi connectivity index (χ0) is 11.7. The van der Waals surface area contributed by atoms with Gasteiger partial charge in [-0.1, -0.05) is 17.7 Å². The SMILES string of the molecule is COC(=O)N1CCc2nc(Cl)ccc2C1C. The van der Waals surface area contributed by atoms with Crippen LogP contribution in [0.2, 0.25) is 5.15 Å². The highest BCUT2D eigenvalue weighted by atomic mass is 35.5. The van der Waals surface area contributed by atoms with Crippen molar-refractivity contribution in [3.8, 4) is 0 Å². The van der Waals surface area contributed by atoms with Crippen molar-refractivity contribution in [3.05, 3.63) is 28.5 Å². The van der Waals surface area contributed by atoms with E-state index in [4.69, 9.17) is 16.3 Å². The maximum Gasteiger partial charge on any atom is 0.409 e. The van der Waals surface area contributed by atoms with Gasteiger partial charge in [0.15, 0.2) is 0 Å². The Kier molecular flexibility index (Phi) is 3.01. The molecule has 4 nitrogen and oxygen atoms in total. The van der Waals surface area contributed by atoms with E-state index in [9.17, 15) is 4.79 Å². The summed E-state index contributed by atoms with van der Waals surface area (Å²) in [4.78, 5) is 17.5. The molecule has 2 rings (SSSR count). The topological polar surface area (TPSA) is 42.4 Å². The van der Waals surface area contributed by atoms with E-state index in [1.807, 2.05) is 13.0 Å². The number of hydrogen-bond acceptors (Lipinski definition) is 3. The number of fused-ring (bicyclic) bond motifs is 1. The number of pyridine rings is 1. The highest BCUT2D eigenvalue weighted by Gasteiger charge is 2.28. The number of amides is 1. The lowest BCUT2D eigenvalue weighted by Crippen LogP contribution is -2.39. The average Bonchev–Trinajstić information content (AvgIpc) is 2.28. The van der Waals surface area contributed by atoms with E-state index in [1.54, 1.807) is 11.0 Å². The van der Waals surface area contributed by atoms with Gasteiger partial charge in [-0.3, -0.25) is 0 Å². The number of methoxy groups -OCH3 is 1. The van der Waals surface area contributed by atoms with Gasteiger partial charge in [0, 0.05) is 18.7 Å². The number of rotatable bonds is 0. The van der Waals surface area contributed by atoms with Crippen LogP contribution in [0, 0.1) is 0 Å². The highest BCUT2D eigenvalue weighted by Crippen LogP contribution is 2.29. The van der Waals surface area contributed by atoms with Gasteiger partial charge < -0.3 is 9.64 Å². The zero-order valence-corrected chi connectivity index (χ0v) is 9.99. The van der Waals surface area contributed by atoms with Crippen LogP contribution in [0.15, 0.2) is 12.1 Å². The van der Waals surface area contributed by atoms with Gasteiger partial charge in [0.25, 0.3) is 0 Å². The van der Waals surface area contributed by atoms with Crippen LogP contribution in [-0.4, -0.2) is 29.6 Å². The lowest BCUT2D eigenvalue weighted by molar-refractivity contribution is 0.104. The van der Waals surface area contributed by atoms with Gasteiger partial charge in [-0.15, -0.1) is 0 Å². The van der Waals surface area contributed by atoms with Gasteiger partial charge in [-0.2, -0.15) is 0 Å². The first kappa shape index (κ1) is 11.2. The summed E-state index contributed by atoms with van der Waals surface area (Å²) in [5, 5.41) is 0.498. The molecule has 1 aromatic rings. The molecule has 0 aliphatic carbocycles. The molecule has 1 aliphatic rings. The second-order valence-corrected chi connectivity index (χ2v) is 4.15. The fourth-order valence-corrected chi connectivity index (χ4v) is 2.19. The first-order valence-electron chi connectivity index (χ1n) is 5.13. The van der Waals surface area contributed by atoms with Crippen molar-refractivity contribution in [2.24, 2.45) is 0 Å². The third kappa shape index (κ3) is 1.85. The Morgan fingerprint density at radius 2 is 2.38 bits per heavy atom. The molecule has 0 bridgehead atoms. The smallest absolute Gasteiger partial charge is 0.409 e. The van der Waals surface area contributed by atoms with Crippen molar-refractivity contribution < 1.29 is 9.53 Å². The molecule has 0 aromatic carbocycles. The maximum absolute atomic E-state index is 11.5. The molecule has 0 saturated carbocycles. The number of hydrogen-bond donors (Lipinski definition) is 0. The third-order valence-electron chi connectivity index (χ3n) is 2.89. The molecule has 0 saturated heterocycles. The molecular formula is C11H13ClN2O2. The quantitative estimate of drug-likeness (QED) is 0.654. The van der Waals surface area contributed by atoms with Gasteiger partial charge >= 0.3 is 6.09 Å². The highest BCUT2D eigenvalue weighted by molar-refractivity contribution is 6.29. The molecule has 1 unspecified atom stereocenters. The first-order chi connectivity index (χ1) is 7.63. The van der Waals surface area contributed by atoms with Gasteiger partial charge in [-0.25, -0.2) is 9.78 Å². The van der Waals surface area contributed by atoms with E-state index >= 15 is 0 Å². The summed E-state index contributed by atoms with van der Waals surface area (Å²) in [6.45, 7) is 2.58. The Morgan fingerprint density at radius 1 is 1.62 bits per heavy atom. The van der Waals surface area contributed by atoms with Gasteiger partial charge in [0.1, 0.15) is 5.15 Å². The summed E-state index contributed by atoms with van der Waals surface area (Å²) in [5.74, 6) is 0. The number of carbonyl (C=O) groups is 1. The largest absolute Gasteiger partial charge is 0.453 e. The van der Waals surface area contributed by atoms with Crippen molar-refractivity contribution in [1.29, 1.82) is 0 Å². The van der Waals surface area contributed by atoms with Crippen LogP contribution in [0.25, 0.3) is 0 Å². The van der Waals surface area contributed by atoms with Crippen LogP contribution in [0.4, 0.5) is 4.79 Å². The maximum atomic E-state index is 11.5. The number of aromatic nitrogens is 1. The number of halogens is 1. The summed E-state index contributed by atoms with van der Waals surface area (Å²) < 4.78 is 4.74. The third-order valence-corrected chi connectivity index (χ3v) is 3.10. The van der Waals surface area contributed by atoms with Crippen molar-refractivity contribution >= 4 is 17.7 Å². The van der Waals surface area contributed by atoms with Crippen LogP contribution >= 0.6 is 11.6 Å².